The lowest BCUT2D eigenvalue weighted by Gasteiger charge is -2.35. The summed E-state index contributed by atoms with van der Waals surface area (Å²) in [6.07, 6.45) is 0. The second-order valence-electron chi connectivity index (χ2n) is 7.98. The Labute approximate surface area is 162 Å². The minimum absolute atomic E-state index is 0.0664. The molecule has 1 aliphatic rings. The lowest BCUT2D eigenvalue weighted by atomic mass is 9.68. The quantitative estimate of drug-likeness (QED) is 0.309. The Morgan fingerprint density at radius 2 is 1.22 bits per heavy atom. The number of hydrogen-bond donors (Lipinski definition) is 0. The number of fused-ring (bicyclic) bond motifs is 2. The normalized spacial score (nSPS) is 13.5. The second-order valence-corrected chi connectivity index (χ2v) is 7.98. The highest BCUT2D eigenvalue weighted by Crippen LogP contribution is 2.48. The third kappa shape index (κ3) is 2.96. The number of benzene rings is 4. The molecule has 0 unspecified atom stereocenters. The fourth-order valence-corrected chi connectivity index (χ4v) is 4.24. The molecule has 4 aromatic carbocycles. The molecule has 0 saturated carbocycles. The van der Waals surface area contributed by atoms with E-state index in [-0.39, 0.29) is 5.41 Å². The summed E-state index contributed by atoms with van der Waals surface area (Å²) in [5, 5.41) is 2.83. The lowest BCUT2D eigenvalue weighted by Crippen LogP contribution is -2.23. The van der Waals surface area contributed by atoms with Crippen LogP contribution >= 0.6 is 0 Å². The van der Waals surface area contributed by atoms with E-state index in [9.17, 15) is 0 Å². The van der Waals surface area contributed by atoms with Crippen LogP contribution in [0.3, 0.4) is 0 Å². The van der Waals surface area contributed by atoms with Gasteiger partial charge in [0.15, 0.2) is 0 Å². The minimum atomic E-state index is 0.0664. The fraction of sp³-hybridized carbons (Fsp3) is 0.185. The third-order valence-electron chi connectivity index (χ3n) is 5.76. The molecule has 0 radical (unpaired) electrons. The summed E-state index contributed by atoms with van der Waals surface area (Å²) in [5.74, 6) is 0. The molecular weight excluding hydrogens is 324 g/mol. The van der Waals surface area contributed by atoms with Crippen molar-refractivity contribution >= 4 is 10.8 Å². The maximum atomic E-state index is 2.34. The van der Waals surface area contributed by atoms with Gasteiger partial charge in [-0.3, -0.25) is 0 Å². The zero-order chi connectivity index (χ0) is 19.0. The van der Waals surface area contributed by atoms with Gasteiger partial charge in [0, 0.05) is 5.41 Å². The van der Waals surface area contributed by atoms with Crippen molar-refractivity contribution in [2.75, 3.05) is 0 Å². The van der Waals surface area contributed by atoms with E-state index in [2.05, 4.69) is 94.4 Å². The average molecular weight is 351 g/mol. The average Bonchev–Trinajstić information content (AvgIpc) is 2.68. The fourth-order valence-electron chi connectivity index (χ4n) is 4.24. The van der Waals surface area contributed by atoms with Crippen LogP contribution in [0.15, 0.2) is 84.9 Å². The summed E-state index contributed by atoms with van der Waals surface area (Å²) in [4.78, 5) is 0. The van der Waals surface area contributed by atoms with Crippen LogP contribution < -0.4 is 0 Å². The van der Waals surface area contributed by atoms with Gasteiger partial charge in [-0.15, -0.1) is 0 Å². The summed E-state index contributed by atoms with van der Waals surface area (Å²) in [6.45, 7) is 8.97. The van der Waals surface area contributed by atoms with Crippen molar-refractivity contribution < 1.29 is 0 Å². The van der Waals surface area contributed by atoms with Crippen LogP contribution in [0.1, 0.15) is 36.1 Å². The van der Waals surface area contributed by atoms with Gasteiger partial charge in [-0.2, -0.15) is 0 Å². The molecule has 0 nitrogen and oxygen atoms in total. The van der Waals surface area contributed by atoms with Crippen molar-refractivity contribution in [2.45, 2.75) is 33.1 Å². The first kappa shape index (κ1) is 17.5. The SMILES string of the molecule is Cc1ccc2c3c(cccc13)C(C)(C)c1ccccc1-2.Cc1ccccc1. The molecule has 5 rings (SSSR count). The maximum absolute atomic E-state index is 2.34. The highest BCUT2D eigenvalue weighted by Gasteiger charge is 2.32. The van der Waals surface area contributed by atoms with Crippen LogP contribution in [-0.4, -0.2) is 0 Å². The number of aryl methyl sites for hydroxylation is 2. The summed E-state index contributed by atoms with van der Waals surface area (Å²) in [6, 6.07) is 30.4. The van der Waals surface area contributed by atoms with Gasteiger partial charge in [-0.25, -0.2) is 0 Å². The highest BCUT2D eigenvalue weighted by atomic mass is 14.4. The van der Waals surface area contributed by atoms with E-state index in [0.717, 1.165) is 0 Å². The van der Waals surface area contributed by atoms with Gasteiger partial charge in [0.2, 0.25) is 0 Å². The molecule has 0 spiro atoms. The predicted octanol–water partition coefficient (Wildman–Crippen LogP) is 7.45. The Morgan fingerprint density at radius 3 is 1.93 bits per heavy atom. The minimum Gasteiger partial charge on any atom is -0.0622 e. The largest absolute Gasteiger partial charge is 0.0622 e. The van der Waals surface area contributed by atoms with Gasteiger partial charge >= 0.3 is 0 Å². The van der Waals surface area contributed by atoms with Gasteiger partial charge in [-0.1, -0.05) is 104 Å². The van der Waals surface area contributed by atoms with Crippen LogP contribution in [0.5, 0.6) is 0 Å². The molecule has 0 N–H and O–H groups in total. The van der Waals surface area contributed by atoms with Crippen LogP contribution in [0.4, 0.5) is 0 Å². The molecule has 0 bridgehead atoms. The summed E-state index contributed by atoms with van der Waals surface area (Å²) in [5.41, 5.74) is 8.41. The molecule has 4 aromatic rings. The van der Waals surface area contributed by atoms with E-state index in [0.29, 0.717) is 0 Å². The zero-order valence-electron chi connectivity index (χ0n) is 16.6. The smallest absolute Gasteiger partial charge is 0.0159 e. The van der Waals surface area contributed by atoms with E-state index >= 15 is 0 Å². The Balaban J connectivity index is 0.000000218. The van der Waals surface area contributed by atoms with E-state index in [4.69, 9.17) is 0 Å². The summed E-state index contributed by atoms with van der Waals surface area (Å²) in [7, 11) is 0. The van der Waals surface area contributed by atoms with Crippen molar-refractivity contribution in [3.63, 3.8) is 0 Å². The van der Waals surface area contributed by atoms with E-state index in [1.807, 2.05) is 18.2 Å². The Bertz CT molecular complexity index is 1100. The molecule has 0 atom stereocenters. The molecule has 0 aliphatic heterocycles. The van der Waals surface area contributed by atoms with Crippen LogP contribution in [0, 0.1) is 13.8 Å². The molecule has 0 saturated heterocycles. The molecule has 134 valence electrons. The predicted molar refractivity (Wildman–Crippen MR) is 117 cm³/mol. The third-order valence-corrected chi connectivity index (χ3v) is 5.76. The molecule has 0 amide bonds. The van der Waals surface area contributed by atoms with Gasteiger partial charge in [0.05, 0.1) is 0 Å². The van der Waals surface area contributed by atoms with Crippen molar-refractivity contribution in [2.24, 2.45) is 0 Å². The number of rotatable bonds is 0. The standard InChI is InChI=1S/C20H18.C7H8/c1-13-11-12-16-15-7-4-5-9-17(15)20(2,3)18-10-6-8-14(13)19(16)18;1-7-5-3-2-4-6-7/h4-12H,1-3H3;2-6H,1H3. The van der Waals surface area contributed by atoms with E-state index < -0.39 is 0 Å². The Morgan fingerprint density at radius 1 is 0.556 bits per heavy atom. The van der Waals surface area contributed by atoms with Crippen LogP contribution in [-0.2, 0) is 5.41 Å². The van der Waals surface area contributed by atoms with Crippen LogP contribution in [0.25, 0.3) is 21.9 Å². The van der Waals surface area contributed by atoms with Crippen molar-refractivity contribution in [1.82, 2.24) is 0 Å². The van der Waals surface area contributed by atoms with Crippen molar-refractivity contribution in [3.05, 3.63) is 107 Å². The molecule has 0 heterocycles. The van der Waals surface area contributed by atoms with Gasteiger partial charge in [0.25, 0.3) is 0 Å². The maximum Gasteiger partial charge on any atom is 0.0159 e. The van der Waals surface area contributed by atoms with Gasteiger partial charge in [0.1, 0.15) is 0 Å². The first-order valence-electron chi connectivity index (χ1n) is 9.64. The van der Waals surface area contributed by atoms with Gasteiger partial charge in [-0.05, 0) is 52.4 Å². The Kier molecular flexibility index (Phi) is 4.36. The number of hydrogen-bond acceptors (Lipinski definition) is 0. The van der Waals surface area contributed by atoms with Gasteiger partial charge < -0.3 is 0 Å². The monoisotopic (exact) mass is 350 g/mol. The zero-order valence-corrected chi connectivity index (χ0v) is 16.6. The summed E-state index contributed by atoms with van der Waals surface area (Å²) >= 11 is 0. The first-order valence-corrected chi connectivity index (χ1v) is 9.64. The summed E-state index contributed by atoms with van der Waals surface area (Å²) < 4.78 is 0. The van der Waals surface area contributed by atoms with Crippen molar-refractivity contribution in [3.8, 4) is 11.1 Å². The Hall–Kier alpha value is -2.86. The first-order chi connectivity index (χ1) is 13.0. The van der Waals surface area contributed by atoms with E-state index in [1.54, 1.807) is 0 Å². The molecule has 0 fully saturated rings. The second kappa shape index (κ2) is 6.70. The molecule has 27 heavy (non-hydrogen) atoms. The molecule has 0 heteroatoms. The molecular formula is C27H26. The topological polar surface area (TPSA) is 0 Å². The highest BCUT2D eigenvalue weighted by molar-refractivity contribution is 6.04. The van der Waals surface area contributed by atoms with Crippen LogP contribution in [0.2, 0.25) is 0 Å². The molecule has 0 aromatic heterocycles. The van der Waals surface area contributed by atoms with E-state index in [1.165, 1.54) is 44.2 Å². The lowest BCUT2D eigenvalue weighted by molar-refractivity contribution is 0.645. The molecule has 1 aliphatic carbocycles. The van der Waals surface area contributed by atoms with Crippen molar-refractivity contribution in [1.29, 1.82) is 0 Å².